The summed E-state index contributed by atoms with van der Waals surface area (Å²) in [5.41, 5.74) is 1.15. The molecule has 162 valence electrons. The third-order valence-electron chi connectivity index (χ3n) is 5.29. The summed E-state index contributed by atoms with van der Waals surface area (Å²) in [5, 5.41) is 14.3. The molecule has 2 atom stereocenters. The number of carbonyl (C=O) groups is 3. The van der Waals surface area contributed by atoms with E-state index < -0.39 is 23.6 Å². The molecule has 0 aliphatic carbocycles. The lowest BCUT2D eigenvalue weighted by atomic mass is 9.99. The molecule has 2 aliphatic rings. The van der Waals surface area contributed by atoms with Gasteiger partial charge in [0, 0.05) is 12.1 Å². The lowest BCUT2D eigenvalue weighted by Gasteiger charge is -2.26. The molecule has 2 heterocycles. The van der Waals surface area contributed by atoms with Crippen molar-refractivity contribution in [2.45, 2.75) is 39.0 Å². The highest BCUT2D eigenvalue weighted by molar-refractivity contribution is 6.10. The number of hydrogen-bond donors (Lipinski definition) is 3. The first kappa shape index (κ1) is 22.1. The fraction of sp³-hybridized carbons (Fsp3) is 0.348. The van der Waals surface area contributed by atoms with Gasteiger partial charge in [0.1, 0.15) is 5.75 Å². The molecule has 0 bridgehead atoms. The highest BCUT2D eigenvalue weighted by Gasteiger charge is 2.48. The molecule has 0 spiro atoms. The fourth-order valence-corrected chi connectivity index (χ4v) is 3.25. The van der Waals surface area contributed by atoms with Crippen molar-refractivity contribution >= 4 is 17.8 Å². The number of aliphatic hydroxyl groups excluding tert-OH is 1. The van der Waals surface area contributed by atoms with Gasteiger partial charge < -0.3 is 20.1 Å². The van der Waals surface area contributed by atoms with E-state index in [0.29, 0.717) is 23.4 Å². The van der Waals surface area contributed by atoms with Crippen molar-refractivity contribution in [2.24, 2.45) is 0 Å². The van der Waals surface area contributed by atoms with Gasteiger partial charge in [-0.2, -0.15) is 0 Å². The number of ether oxygens (including phenoxy) is 1. The Kier molecular flexibility index (Phi) is 6.18. The predicted molar refractivity (Wildman–Crippen MR) is 114 cm³/mol. The standard InChI is InChI=1S/C23H25N3O5/c1-14(5-6-15(2)16(3)27)9-10-23(21(29)24-22(30)25-23)13-26-12-17-7-8-18(31-4)11-19(17)20(26)28/h5-8,11,16,27H,12-13H2,1-4H3,(H2,24,25,29,30)/b14-5+,15-6+. The second-order valence-corrected chi connectivity index (χ2v) is 7.68. The molecule has 31 heavy (non-hydrogen) atoms. The summed E-state index contributed by atoms with van der Waals surface area (Å²) < 4.78 is 5.19. The number of rotatable bonds is 5. The van der Waals surface area contributed by atoms with E-state index in [2.05, 4.69) is 22.5 Å². The number of nitrogens with zero attached hydrogens (tertiary/aromatic N) is 1. The average Bonchev–Trinajstić information content (AvgIpc) is 3.19. The van der Waals surface area contributed by atoms with E-state index in [1.807, 2.05) is 0 Å². The number of nitrogens with one attached hydrogen (secondary N) is 2. The van der Waals surface area contributed by atoms with Crippen LogP contribution in [0.2, 0.25) is 0 Å². The van der Waals surface area contributed by atoms with Crippen molar-refractivity contribution < 1.29 is 24.2 Å². The molecule has 0 saturated carbocycles. The Bertz CT molecular complexity index is 1060. The van der Waals surface area contributed by atoms with Crippen LogP contribution in [-0.4, -0.2) is 53.1 Å². The van der Waals surface area contributed by atoms with Crippen LogP contribution in [0.1, 0.15) is 36.7 Å². The summed E-state index contributed by atoms with van der Waals surface area (Å²) in [6.07, 6.45) is 2.88. The lowest BCUT2D eigenvalue weighted by molar-refractivity contribution is -0.122. The smallest absolute Gasteiger partial charge is 0.323 e. The number of imide groups is 1. The Balaban J connectivity index is 1.87. The summed E-state index contributed by atoms with van der Waals surface area (Å²) in [6, 6.07) is 4.58. The largest absolute Gasteiger partial charge is 0.497 e. The molecule has 3 rings (SSSR count). The number of urea groups is 1. The third kappa shape index (κ3) is 4.62. The highest BCUT2D eigenvalue weighted by atomic mass is 16.5. The van der Waals surface area contributed by atoms with Gasteiger partial charge in [-0.3, -0.25) is 14.9 Å². The fourth-order valence-electron chi connectivity index (χ4n) is 3.25. The van der Waals surface area contributed by atoms with Crippen molar-refractivity contribution in [1.29, 1.82) is 0 Å². The van der Waals surface area contributed by atoms with Gasteiger partial charge in [0.05, 0.1) is 19.8 Å². The Morgan fingerprint density at radius 1 is 1.32 bits per heavy atom. The molecule has 1 aromatic rings. The van der Waals surface area contributed by atoms with Crippen molar-refractivity contribution in [1.82, 2.24) is 15.5 Å². The Labute approximate surface area is 180 Å². The summed E-state index contributed by atoms with van der Waals surface area (Å²) in [6.45, 7) is 5.41. The molecule has 1 fully saturated rings. The van der Waals surface area contributed by atoms with Crippen molar-refractivity contribution in [3.63, 3.8) is 0 Å². The summed E-state index contributed by atoms with van der Waals surface area (Å²) in [5.74, 6) is 5.45. The Morgan fingerprint density at radius 3 is 2.68 bits per heavy atom. The number of carbonyl (C=O) groups excluding carboxylic acids is 3. The minimum absolute atomic E-state index is 0.0940. The van der Waals surface area contributed by atoms with Crippen LogP contribution in [0.4, 0.5) is 4.79 Å². The summed E-state index contributed by atoms with van der Waals surface area (Å²) in [7, 11) is 1.52. The van der Waals surface area contributed by atoms with Gasteiger partial charge in [-0.05, 0) is 49.6 Å². The summed E-state index contributed by atoms with van der Waals surface area (Å²) in [4.78, 5) is 38.9. The normalized spacial score (nSPS) is 21.8. The maximum atomic E-state index is 12.9. The SMILES string of the molecule is COc1ccc2c(c1)C(=O)N(CC1(C#C/C(C)=C/C=C(\C)C(C)O)NC(=O)NC1=O)C2. The molecule has 1 saturated heterocycles. The molecule has 8 nitrogen and oxygen atoms in total. The van der Waals surface area contributed by atoms with E-state index in [-0.39, 0.29) is 12.5 Å². The second-order valence-electron chi connectivity index (χ2n) is 7.68. The lowest BCUT2D eigenvalue weighted by Crippen LogP contribution is -2.54. The first-order chi connectivity index (χ1) is 14.6. The van der Waals surface area contributed by atoms with Crippen molar-refractivity contribution in [2.75, 3.05) is 13.7 Å². The van der Waals surface area contributed by atoms with Gasteiger partial charge in [-0.25, -0.2) is 4.79 Å². The molecule has 8 heteroatoms. The van der Waals surface area contributed by atoms with Crippen molar-refractivity contribution in [3.05, 3.63) is 52.6 Å². The molecule has 0 aromatic heterocycles. The number of hydrogen-bond acceptors (Lipinski definition) is 5. The molecule has 1 aromatic carbocycles. The number of amides is 4. The first-order valence-corrected chi connectivity index (χ1v) is 9.81. The zero-order valence-corrected chi connectivity index (χ0v) is 17.9. The zero-order valence-electron chi connectivity index (χ0n) is 17.9. The van der Waals surface area contributed by atoms with Gasteiger partial charge in [0.2, 0.25) is 5.54 Å². The second kappa shape index (κ2) is 8.66. The number of benzene rings is 1. The molecular formula is C23H25N3O5. The van der Waals surface area contributed by atoms with E-state index in [9.17, 15) is 19.5 Å². The Hall–Kier alpha value is -3.57. The van der Waals surface area contributed by atoms with Gasteiger partial charge in [-0.1, -0.05) is 30.1 Å². The predicted octanol–water partition coefficient (Wildman–Crippen LogP) is 1.51. The number of aliphatic hydroxyl groups is 1. The van der Waals surface area contributed by atoms with E-state index in [1.54, 1.807) is 51.1 Å². The van der Waals surface area contributed by atoms with E-state index in [1.165, 1.54) is 12.0 Å². The number of fused-ring (bicyclic) bond motifs is 1. The van der Waals surface area contributed by atoms with Crippen LogP contribution in [0.15, 0.2) is 41.5 Å². The molecule has 0 radical (unpaired) electrons. The number of methoxy groups -OCH3 is 1. The first-order valence-electron chi connectivity index (χ1n) is 9.81. The van der Waals surface area contributed by atoms with Gasteiger partial charge in [-0.15, -0.1) is 0 Å². The zero-order chi connectivity index (χ0) is 22.8. The van der Waals surface area contributed by atoms with Gasteiger partial charge in [0.15, 0.2) is 0 Å². The molecule has 2 aliphatic heterocycles. The minimum Gasteiger partial charge on any atom is -0.497 e. The van der Waals surface area contributed by atoms with Crippen LogP contribution in [0, 0.1) is 11.8 Å². The van der Waals surface area contributed by atoms with Crippen LogP contribution in [0.25, 0.3) is 0 Å². The summed E-state index contributed by atoms with van der Waals surface area (Å²) >= 11 is 0. The van der Waals surface area contributed by atoms with Crippen LogP contribution in [-0.2, 0) is 11.3 Å². The van der Waals surface area contributed by atoms with E-state index in [0.717, 1.165) is 11.1 Å². The average molecular weight is 423 g/mol. The highest BCUT2D eigenvalue weighted by Crippen LogP contribution is 2.28. The molecular weight excluding hydrogens is 398 g/mol. The molecule has 2 unspecified atom stereocenters. The van der Waals surface area contributed by atoms with Crippen LogP contribution in [0.5, 0.6) is 5.75 Å². The minimum atomic E-state index is -1.56. The Morgan fingerprint density at radius 2 is 2.06 bits per heavy atom. The van der Waals surface area contributed by atoms with E-state index >= 15 is 0 Å². The quantitative estimate of drug-likeness (QED) is 0.378. The molecule has 4 amide bonds. The molecule has 3 N–H and O–H groups in total. The maximum Gasteiger partial charge on any atom is 0.323 e. The van der Waals surface area contributed by atoms with Gasteiger partial charge >= 0.3 is 6.03 Å². The van der Waals surface area contributed by atoms with E-state index in [4.69, 9.17) is 4.74 Å². The monoisotopic (exact) mass is 423 g/mol. The van der Waals surface area contributed by atoms with Crippen molar-refractivity contribution in [3.8, 4) is 17.6 Å². The van der Waals surface area contributed by atoms with Gasteiger partial charge in [0.25, 0.3) is 11.8 Å². The van der Waals surface area contributed by atoms with Crippen LogP contribution in [0.3, 0.4) is 0 Å². The van der Waals surface area contributed by atoms with Crippen LogP contribution >= 0.6 is 0 Å². The van der Waals surface area contributed by atoms with Crippen LogP contribution < -0.4 is 15.4 Å². The number of allylic oxidation sites excluding steroid dienone is 3. The topological polar surface area (TPSA) is 108 Å². The maximum absolute atomic E-state index is 12.9. The third-order valence-corrected chi connectivity index (χ3v) is 5.29.